The maximum Gasteiger partial charge on any atom is 0.340 e. The van der Waals surface area contributed by atoms with Crippen LogP contribution in [0.1, 0.15) is 26.3 Å². The highest BCUT2D eigenvalue weighted by Crippen LogP contribution is 2.21. The predicted octanol–water partition coefficient (Wildman–Crippen LogP) is 2.29. The van der Waals surface area contributed by atoms with E-state index in [-0.39, 0.29) is 22.6 Å². The largest absolute Gasteiger partial charge is 0.465 e. The zero-order valence-electron chi connectivity index (χ0n) is 10.4. The van der Waals surface area contributed by atoms with Crippen LogP contribution < -0.4 is 5.73 Å². The Morgan fingerprint density at radius 1 is 1.00 bits per heavy atom. The van der Waals surface area contributed by atoms with E-state index in [4.69, 9.17) is 5.73 Å². The number of carbonyl (C=O) groups is 2. The van der Waals surface area contributed by atoms with Gasteiger partial charge in [0.05, 0.1) is 12.7 Å². The maximum atomic E-state index is 12.4. The van der Waals surface area contributed by atoms with Crippen molar-refractivity contribution in [3.05, 3.63) is 65.2 Å². The lowest BCUT2D eigenvalue weighted by molar-refractivity contribution is 0.0599. The van der Waals surface area contributed by atoms with Crippen molar-refractivity contribution in [3.63, 3.8) is 0 Å². The Balaban J connectivity index is 2.54. The van der Waals surface area contributed by atoms with Gasteiger partial charge in [-0.15, -0.1) is 0 Å². The fourth-order valence-corrected chi connectivity index (χ4v) is 1.83. The number of carbonyl (C=O) groups excluding carboxylic acids is 2. The third kappa shape index (κ3) is 2.47. The zero-order valence-corrected chi connectivity index (χ0v) is 10.4. The second-order valence-corrected chi connectivity index (χ2v) is 3.96. The topological polar surface area (TPSA) is 69.4 Å². The Morgan fingerprint density at radius 2 is 1.68 bits per heavy atom. The predicted molar refractivity (Wildman–Crippen MR) is 72.1 cm³/mol. The summed E-state index contributed by atoms with van der Waals surface area (Å²) in [5.74, 6) is -0.870. The molecule has 2 aromatic rings. The second-order valence-electron chi connectivity index (χ2n) is 3.96. The maximum absolute atomic E-state index is 12.4. The number of nitrogens with two attached hydrogens (primary N) is 1. The van der Waals surface area contributed by atoms with Crippen molar-refractivity contribution in [2.45, 2.75) is 0 Å². The molecule has 0 aliphatic heterocycles. The molecule has 0 radical (unpaired) electrons. The highest BCUT2D eigenvalue weighted by molar-refractivity contribution is 6.16. The summed E-state index contributed by atoms with van der Waals surface area (Å²) in [6.45, 7) is 0. The van der Waals surface area contributed by atoms with Gasteiger partial charge in [0.1, 0.15) is 0 Å². The van der Waals surface area contributed by atoms with Crippen LogP contribution in [-0.4, -0.2) is 18.9 Å². The molecule has 4 nitrogen and oxygen atoms in total. The van der Waals surface area contributed by atoms with E-state index < -0.39 is 5.97 Å². The first kappa shape index (κ1) is 12.8. The monoisotopic (exact) mass is 255 g/mol. The van der Waals surface area contributed by atoms with Crippen molar-refractivity contribution in [2.75, 3.05) is 12.8 Å². The van der Waals surface area contributed by atoms with Crippen LogP contribution in [-0.2, 0) is 4.74 Å². The number of methoxy groups -OCH3 is 1. The van der Waals surface area contributed by atoms with E-state index in [1.165, 1.54) is 7.11 Å². The van der Waals surface area contributed by atoms with Gasteiger partial charge in [-0.25, -0.2) is 4.79 Å². The fraction of sp³-hybridized carbons (Fsp3) is 0.0667. The van der Waals surface area contributed by atoms with Gasteiger partial charge in [0.15, 0.2) is 5.78 Å². The molecule has 0 atom stereocenters. The lowest BCUT2D eigenvalue weighted by atomic mass is 9.97. The fourth-order valence-electron chi connectivity index (χ4n) is 1.83. The van der Waals surface area contributed by atoms with Crippen molar-refractivity contribution < 1.29 is 14.3 Å². The standard InChI is InChI=1S/C15H13NO3/c1-19-15(18)13-11(8-5-9-12(13)16)14(17)10-6-3-2-4-7-10/h2-9H,16H2,1H3. The molecule has 0 unspecified atom stereocenters. The number of rotatable bonds is 3. The SMILES string of the molecule is COC(=O)c1c(N)cccc1C(=O)c1ccccc1. The summed E-state index contributed by atoms with van der Waals surface area (Å²) in [7, 11) is 1.26. The Hall–Kier alpha value is -2.62. The van der Waals surface area contributed by atoms with Crippen LogP contribution in [0.15, 0.2) is 48.5 Å². The summed E-state index contributed by atoms with van der Waals surface area (Å²) in [6, 6.07) is 13.5. The minimum Gasteiger partial charge on any atom is -0.465 e. The van der Waals surface area contributed by atoms with Gasteiger partial charge in [-0.2, -0.15) is 0 Å². The summed E-state index contributed by atoms with van der Waals surface area (Å²) < 4.78 is 4.67. The van der Waals surface area contributed by atoms with Gasteiger partial charge in [-0.3, -0.25) is 4.79 Å². The molecule has 0 bridgehead atoms. The van der Waals surface area contributed by atoms with Crippen molar-refractivity contribution in [1.82, 2.24) is 0 Å². The lowest BCUT2D eigenvalue weighted by Gasteiger charge is -2.09. The first-order valence-electron chi connectivity index (χ1n) is 5.71. The number of ketones is 1. The summed E-state index contributed by atoms with van der Waals surface area (Å²) >= 11 is 0. The number of benzene rings is 2. The summed E-state index contributed by atoms with van der Waals surface area (Å²) in [4.78, 5) is 24.1. The average Bonchev–Trinajstić information content (AvgIpc) is 2.46. The first-order chi connectivity index (χ1) is 9.15. The smallest absolute Gasteiger partial charge is 0.340 e. The minimum absolute atomic E-state index is 0.110. The Kier molecular flexibility index (Phi) is 3.61. The molecule has 19 heavy (non-hydrogen) atoms. The van der Waals surface area contributed by atoms with Gasteiger partial charge >= 0.3 is 5.97 Å². The average molecular weight is 255 g/mol. The number of nitrogen functional groups attached to an aromatic ring is 1. The molecular formula is C15H13NO3. The van der Waals surface area contributed by atoms with Crippen LogP contribution in [0.3, 0.4) is 0 Å². The van der Waals surface area contributed by atoms with Gasteiger partial charge < -0.3 is 10.5 Å². The molecule has 0 spiro atoms. The Bertz CT molecular complexity index is 621. The molecule has 2 aromatic carbocycles. The van der Waals surface area contributed by atoms with E-state index in [0.29, 0.717) is 5.56 Å². The molecule has 0 saturated carbocycles. The first-order valence-corrected chi connectivity index (χ1v) is 5.71. The van der Waals surface area contributed by atoms with Crippen LogP contribution in [0.25, 0.3) is 0 Å². The number of hydrogen-bond acceptors (Lipinski definition) is 4. The molecule has 0 aliphatic rings. The van der Waals surface area contributed by atoms with Gasteiger partial charge in [0.2, 0.25) is 0 Å². The van der Waals surface area contributed by atoms with Gasteiger partial charge in [-0.05, 0) is 6.07 Å². The highest BCUT2D eigenvalue weighted by atomic mass is 16.5. The van der Waals surface area contributed by atoms with E-state index >= 15 is 0 Å². The number of ether oxygens (including phenoxy) is 1. The molecule has 2 N–H and O–H groups in total. The van der Waals surface area contributed by atoms with Gasteiger partial charge in [0.25, 0.3) is 0 Å². The number of hydrogen-bond donors (Lipinski definition) is 1. The highest BCUT2D eigenvalue weighted by Gasteiger charge is 2.21. The van der Waals surface area contributed by atoms with Crippen LogP contribution >= 0.6 is 0 Å². The summed E-state index contributed by atoms with van der Waals surface area (Å²) in [6.07, 6.45) is 0. The normalized spacial score (nSPS) is 9.95. The van der Waals surface area contributed by atoms with Crippen LogP contribution in [0.4, 0.5) is 5.69 Å². The quantitative estimate of drug-likeness (QED) is 0.519. The van der Waals surface area contributed by atoms with Crippen LogP contribution in [0, 0.1) is 0 Å². The second kappa shape index (κ2) is 5.35. The molecule has 4 heteroatoms. The number of esters is 1. The zero-order chi connectivity index (χ0) is 13.8. The Morgan fingerprint density at radius 3 is 2.32 bits per heavy atom. The summed E-state index contributed by atoms with van der Waals surface area (Å²) in [5, 5.41) is 0. The Labute approximate surface area is 110 Å². The van der Waals surface area contributed by atoms with Crippen molar-refractivity contribution >= 4 is 17.4 Å². The molecule has 0 saturated heterocycles. The molecule has 0 fully saturated rings. The van der Waals surface area contributed by atoms with Crippen molar-refractivity contribution in [3.8, 4) is 0 Å². The van der Waals surface area contributed by atoms with Crippen LogP contribution in [0.2, 0.25) is 0 Å². The van der Waals surface area contributed by atoms with E-state index in [1.54, 1.807) is 42.5 Å². The lowest BCUT2D eigenvalue weighted by Crippen LogP contribution is -2.13. The van der Waals surface area contributed by atoms with E-state index in [1.807, 2.05) is 6.07 Å². The minimum atomic E-state index is -0.614. The number of anilines is 1. The van der Waals surface area contributed by atoms with Gasteiger partial charge in [-0.1, -0.05) is 42.5 Å². The molecule has 0 heterocycles. The van der Waals surface area contributed by atoms with E-state index in [2.05, 4.69) is 4.74 Å². The van der Waals surface area contributed by atoms with Crippen LogP contribution in [0.5, 0.6) is 0 Å². The molecule has 0 aromatic heterocycles. The molecule has 0 amide bonds. The summed E-state index contributed by atoms with van der Waals surface area (Å²) in [5.41, 5.74) is 6.85. The third-order valence-corrected chi connectivity index (χ3v) is 2.77. The van der Waals surface area contributed by atoms with Gasteiger partial charge in [0, 0.05) is 16.8 Å². The van der Waals surface area contributed by atoms with E-state index in [0.717, 1.165) is 0 Å². The molecule has 96 valence electrons. The van der Waals surface area contributed by atoms with Crippen molar-refractivity contribution in [1.29, 1.82) is 0 Å². The molecule has 0 aliphatic carbocycles. The van der Waals surface area contributed by atoms with E-state index in [9.17, 15) is 9.59 Å². The molecular weight excluding hydrogens is 242 g/mol. The molecule has 2 rings (SSSR count). The third-order valence-electron chi connectivity index (χ3n) is 2.77. The van der Waals surface area contributed by atoms with Crippen molar-refractivity contribution in [2.24, 2.45) is 0 Å².